The maximum atomic E-state index is 14.3. The zero-order valence-corrected chi connectivity index (χ0v) is 18.4. The lowest BCUT2D eigenvalue weighted by molar-refractivity contribution is -0.0580. The summed E-state index contributed by atoms with van der Waals surface area (Å²) in [5.41, 5.74) is 7.84. The third-order valence-corrected chi connectivity index (χ3v) is 6.67. The number of nitrogens with one attached hydrogen (secondary N) is 2. The average Bonchev–Trinajstić information content (AvgIpc) is 3.34. The van der Waals surface area contributed by atoms with Crippen molar-refractivity contribution in [3.05, 3.63) is 58.9 Å². The maximum Gasteiger partial charge on any atom is 0.272 e. The molecular weight excluding hydrogens is 459 g/mol. The number of alkyl halides is 2. The van der Waals surface area contributed by atoms with Gasteiger partial charge in [-0.15, -0.1) is 0 Å². The molecule has 6 rings (SSSR count). The third kappa shape index (κ3) is 3.48. The van der Waals surface area contributed by atoms with Crippen molar-refractivity contribution in [3.63, 3.8) is 0 Å². The zero-order valence-electron chi connectivity index (χ0n) is 18.4. The summed E-state index contributed by atoms with van der Waals surface area (Å²) < 4.78 is 47.9. The van der Waals surface area contributed by atoms with Gasteiger partial charge in [-0.25, -0.2) is 13.2 Å². The highest BCUT2D eigenvalue weighted by Gasteiger charge is 2.36. The molecule has 4 N–H and O–H groups in total. The summed E-state index contributed by atoms with van der Waals surface area (Å²) in [5, 5.41) is 8.23. The lowest BCUT2D eigenvalue weighted by Crippen LogP contribution is -2.30. The highest BCUT2D eigenvalue weighted by atomic mass is 19.3. The van der Waals surface area contributed by atoms with Crippen molar-refractivity contribution in [1.29, 1.82) is 0 Å². The average molecular weight is 479 g/mol. The number of aromatic amines is 2. The minimum atomic E-state index is -2.68. The van der Waals surface area contributed by atoms with E-state index in [1.807, 2.05) is 0 Å². The first-order chi connectivity index (χ1) is 16.8. The number of hydrogen-bond donors (Lipinski definition) is 3. The fourth-order valence-electron chi connectivity index (χ4n) is 4.90. The molecule has 3 heterocycles. The molecule has 0 bridgehead atoms. The van der Waals surface area contributed by atoms with Crippen LogP contribution < -0.4 is 16.0 Å². The number of ether oxygens (including phenoxy) is 1. The molecule has 0 unspecified atom stereocenters. The number of anilines is 1. The molecule has 0 aliphatic heterocycles. The topological polar surface area (TPSA) is 110 Å². The summed E-state index contributed by atoms with van der Waals surface area (Å²) >= 11 is 0. The van der Waals surface area contributed by atoms with Gasteiger partial charge in [0.2, 0.25) is 5.92 Å². The molecule has 0 spiro atoms. The predicted molar refractivity (Wildman–Crippen MR) is 127 cm³/mol. The van der Waals surface area contributed by atoms with Gasteiger partial charge in [-0.05, 0) is 42.7 Å². The van der Waals surface area contributed by atoms with E-state index in [1.54, 1.807) is 30.5 Å². The Morgan fingerprint density at radius 1 is 1.09 bits per heavy atom. The number of nitrogen functional groups attached to an aromatic ring is 1. The van der Waals surface area contributed by atoms with E-state index < -0.39 is 23.4 Å². The molecule has 0 saturated heterocycles. The molecule has 1 fully saturated rings. The van der Waals surface area contributed by atoms with Crippen molar-refractivity contribution in [2.75, 3.05) is 5.73 Å². The van der Waals surface area contributed by atoms with Gasteiger partial charge in [0, 0.05) is 40.8 Å². The molecule has 1 aliphatic rings. The Hall–Kier alpha value is -4.08. The smallest absolute Gasteiger partial charge is 0.272 e. The minimum absolute atomic E-state index is 0.0434. The second-order valence-corrected chi connectivity index (χ2v) is 8.87. The molecule has 0 atom stereocenters. The second-order valence-electron chi connectivity index (χ2n) is 8.87. The molecule has 5 aromatic rings. The van der Waals surface area contributed by atoms with Gasteiger partial charge in [0.25, 0.3) is 5.56 Å². The summed E-state index contributed by atoms with van der Waals surface area (Å²) in [5.74, 6) is -2.76. The molecule has 35 heavy (non-hydrogen) atoms. The molecule has 2 aromatic carbocycles. The molecule has 1 aliphatic carbocycles. The number of nitrogens with zero attached hydrogens (tertiary/aromatic N) is 2. The van der Waals surface area contributed by atoms with Crippen LogP contribution in [0.4, 0.5) is 18.9 Å². The quantitative estimate of drug-likeness (QED) is 0.304. The van der Waals surface area contributed by atoms with E-state index in [9.17, 15) is 18.0 Å². The Balaban J connectivity index is 1.62. The number of hydrogen-bond acceptors (Lipinski definition) is 5. The van der Waals surface area contributed by atoms with E-state index >= 15 is 0 Å². The first kappa shape index (κ1) is 21.5. The zero-order chi connectivity index (χ0) is 24.3. The standard InChI is InChI=1S/C25H20F3N5O2/c26-17-4-3-13(16-11-31-33-22(16)17)19-15-10-18(35-12-5-7-25(27,28)8-6-12)23-14(2-1-9-30-23)21(15)32-24(34)20(19)29/h1-4,9-12H,5-8,29H2,(H,31,33)(H,32,34). The van der Waals surface area contributed by atoms with Gasteiger partial charge in [-0.3, -0.25) is 14.9 Å². The largest absolute Gasteiger partial charge is 0.488 e. The Morgan fingerprint density at radius 2 is 1.89 bits per heavy atom. The number of H-pyrrole nitrogens is 2. The number of nitrogens with two attached hydrogens (primary N) is 1. The van der Waals surface area contributed by atoms with Crippen LogP contribution in [-0.2, 0) is 0 Å². The normalized spacial score (nSPS) is 16.3. The van der Waals surface area contributed by atoms with Gasteiger partial charge in [0.05, 0.1) is 17.8 Å². The van der Waals surface area contributed by atoms with Gasteiger partial charge in [-0.2, -0.15) is 5.10 Å². The van der Waals surface area contributed by atoms with Crippen LogP contribution in [0, 0.1) is 5.82 Å². The van der Waals surface area contributed by atoms with Gasteiger partial charge in [0.1, 0.15) is 28.3 Å². The van der Waals surface area contributed by atoms with Crippen LogP contribution in [0.3, 0.4) is 0 Å². The highest BCUT2D eigenvalue weighted by Crippen LogP contribution is 2.42. The van der Waals surface area contributed by atoms with Crippen LogP contribution in [0.2, 0.25) is 0 Å². The van der Waals surface area contributed by atoms with Crippen molar-refractivity contribution in [2.24, 2.45) is 0 Å². The fourth-order valence-corrected chi connectivity index (χ4v) is 4.90. The fraction of sp³-hybridized carbons (Fsp3) is 0.240. The van der Waals surface area contributed by atoms with Crippen LogP contribution in [0.5, 0.6) is 5.75 Å². The molecule has 0 amide bonds. The Kier molecular flexibility index (Phi) is 4.73. The molecule has 1 saturated carbocycles. The van der Waals surface area contributed by atoms with E-state index in [0.29, 0.717) is 44.1 Å². The predicted octanol–water partition coefficient (Wildman–Crippen LogP) is 5.30. The number of rotatable bonds is 3. The van der Waals surface area contributed by atoms with E-state index in [-0.39, 0.29) is 36.9 Å². The number of halogens is 3. The van der Waals surface area contributed by atoms with Crippen LogP contribution >= 0.6 is 0 Å². The molecule has 10 heteroatoms. The number of benzene rings is 2. The number of aromatic nitrogens is 4. The Labute approximate surface area is 196 Å². The van der Waals surface area contributed by atoms with Gasteiger partial charge >= 0.3 is 0 Å². The van der Waals surface area contributed by atoms with Crippen LogP contribution in [0.25, 0.3) is 43.8 Å². The van der Waals surface area contributed by atoms with Crippen molar-refractivity contribution < 1.29 is 17.9 Å². The summed E-state index contributed by atoms with van der Waals surface area (Å²) in [7, 11) is 0. The lowest BCUT2D eigenvalue weighted by atomic mass is 9.93. The highest BCUT2D eigenvalue weighted by molar-refractivity contribution is 6.15. The van der Waals surface area contributed by atoms with Gasteiger partial charge < -0.3 is 15.5 Å². The number of fused-ring (bicyclic) bond motifs is 4. The second kappa shape index (κ2) is 7.72. The summed E-state index contributed by atoms with van der Waals surface area (Å²) in [6, 6.07) is 8.07. The minimum Gasteiger partial charge on any atom is -0.488 e. The monoisotopic (exact) mass is 479 g/mol. The van der Waals surface area contributed by atoms with E-state index in [1.165, 1.54) is 12.3 Å². The molecule has 7 nitrogen and oxygen atoms in total. The SMILES string of the molecule is Nc1c(-c2ccc(F)c3[nH]ncc23)c2cc(OC3CCC(F)(F)CC3)c3ncccc3c2[nH]c1=O. The first-order valence-electron chi connectivity index (χ1n) is 11.2. The van der Waals surface area contributed by atoms with Crippen molar-refractivity contribution in [2.45, 2.75) is 37.7 Å². The van der Waals surface area contributed by atoms with E-state index in [0.717, 1.165) is 0 Å². The van der Waals surface area contributed by atoms with E-state index in [2.05, 4.69) is 20.2 Å². The van der Waals surface area contributed by atoms with Crippen molar-refractivity contribution >= 4 is 38.4 Å². The van der Waals surface area contributed by atoms with Crippen molar-refractivity contribution in [3.8, 4) is 16.9 Å². The molecule has 3 aromatic heterocycles. The molecule has 0 radical (unpaired) electrons. The summed E-state index contributed by atoms with van der Waals surface area (Å²) in [4.78, 5) is 20.1. The van der Waals surface area contributed by atoms with E-state index in [4.69, 9.17) is 10.5 Å². The summed E-state index contributed by atoms with van der Waals surface area (Å²) in [6.07, 6.45) is 2.63. The first-order valence-corrected chi connectivity index (χ1v) is 11.2. The van der Waals surface area contributed by atoms with Crippen LogP contribution in [-0.4, -0.2) is 32.2 Å². The molecule has 178 valence electrons. The van der Waals surface area contributed by atoms with Crippen molar-refractivity contribution in [1.82, 2.24) is 20.2 Å². The Morgan fingerprint density at radius 3 is 2.69 bits per heavy atom. The maximum absolute atomic E-state index is 14.3. The van der Waals surface area contributed by atoms with Crippen LogP contribution in [0.15, 0.2) is 47.5 Å². The van der Waals surface area contributed by atoms with Gasteiger partial charge in [0.15, 0.2) is 0 Å². The molecular formula is C25H20F3N5O2. The van der Waals surface area contributed by atoms with Crippen LogP contribution in [0.1, 0.15) is 25.7 Å². The lowest BCUT2D eigenvalue weighted by Gasteiger charge is -2.29. The Bertz CT molecular complexity index is 1670. The number of pyridine rings is 2. The van der Waals surface area contributed by atoms with Gasteiger partial charge in [-0.1, -0.05) is 6.07 Å². The third-order valence-electron chi connectivity index (χ3n) is 6.67. The summed E-state index contributed by atoms with van der Waals surface area (Å²) in [6.45, 7) is 0.